The summed E-state index contributed by atoms with van der Waals surface area (Å²) in [7, 11) is 0. The maximum Gasteiger partial charge on any atom is 0.229 e. The van der Waals surface area contributed by atoms with E-state index in [0.29, 0.717) is 11.1 Å². The molecule has 2 saturated heterocycles. The molecule has 0 unspecified atom stereocenters. The molecule has 2 aliphatic rings. The Hall–Kier alpha value is -2.36. The monoisotopic (exact) mass is 510 g/mol. The Bertz CT molecular complexity index is 921. The Balaban J connectivity index is 1.49. The smallest absolute Gasteiger partial charge is 0.229 e. The fourth-order valence-electron chi connectivity index (χ4n) is 4.10. The van der Waals surface area contributed by atoms with Gasteiger partial charge >= 0.3 is 0 Å². The standard InChI is InChI=1S/C24H30O12/c25-9-15-17(27)19(29)21(31)23(35-15)33-13-5-1-3-11(7-13)12-4-2-6-14(8-12)34-24-22(32)20(30)18(28)16(10-26)36-24/h1-8,15-32H,9-10H2/t15-,16-,17-,18-,19+,20+,21+,22+,23+,24+/m1/s1. The largest absolute Gasteiger partial charge is 0.462 e. The summed E-state index contributed by atoms with van der Waals surface area (Å²) >= 11 is 0. The molecule has 2 aliphatic heterocycles. The third-order valence-corrected chi connectivity index (χ3v) is 6.20. The summed E-state index contributed by atoms with van der Waals surface area (Å²) in [4.78, 5) is 0. The number of aliphatic hydroxyl groups is 8. The minimum absolute atomic E-state index is 0.275. The molecule has 2 aromatic rings. The van der Waals surface area contributed by atoms with E-state index in [-0.39, 0.29) is 11.5 Å². The van der Waals surface area contributed by atoms with Crippen molar-refractivity contribution in [2.45, 2.75) is 61.4 Å². The molecule has 0 saturated carbocycles. The molecule has 0 bridgehead atoms. The molecular weight excluding hydrogens is 480 g/mol. The van der Waals surface area contributed by atoms with Crippen LogP contribution in [0.25, 0.3) is 11.1 Å². The number of hydrogen-bond donors (Lipinski definition) is 8. The van der Waals surface area contributed by atoms with E-state index in [1.54, 1.807) is 48.5 Å². The van der Waals surface area contributed by atoms with Gasteiger partial charge in [0.05, 0.1) is 13.2 Å². The van der Waals surface area contributed by atoms with Crippen molar-refractivity contribution in [1.29, 1.82) is 0 Å². The van der Waals surface area contributed by atoms with Crippen LogP contribution in [0.2, 0.25) is 0 Å². The normalized spacial score (nSPS) is 36.9. The van der Waals surface area contributed by atoms with Gasteiger partial charge in [-0.1, -0.05) is 24.3 Å². The highest BCUT2D eigenvalue weighted by Crippen LogP contribution is 2.31. The Morgan fingerprint density at radius 2 is 0.944 bits per heavy atom. The maximum absolute atomic E-state index is 10.2. The summed E-state index contributed by atoms with van der Waals surface area (Å²) in [5, 5.41) is 78.9. The topological polar surface area (TPSA) is 199 Å². The van der Waals surface area contributed by atoms with Crippen LogP contribution in [0.15, 0.2) is 48.5 Å². The van der Waals surface area contributed by atoms with E-state index in [0.717, 1.165) is 0 Å². The summed E-state index contributed by atoms with van der Waals surface area (Å²) in [6.45, 7) is -1.15. The number of hydrogen-bond acceptors (Lipinski definition) is 12. The first-order chi connectivity index (χ1) is 17.2. The third-order valence-electron chi connectivity index (χ3n) is 6.20. The second kappa shape index (κ2) is 11.4. The zero-order valence-electron chi connectivity index (χ0n) is 19.0. The zero-order valence-corrected chi connectivity index (χ0v) is 19.0. The van der Waals surface area contributed by atoms with Crippen LogP contribution in [-0.2, 0) is 9.47 Å². The van der Waals surface area contributed by atoms with Gasteiger partial charge in [-0.15, -0.1) is 0 Å². The Morgan fingerprint density at radius 3 is 1.31 bits per heavy atom. The number of aliphatic hydroxyl groups excluding tert-OH is 8. The second-order valence-corrected chi connectivity index (χ2v) is 8.69. The Kier molecular flexibility index (Phi) is 8.42. The molecule has 0 radical (unpaired) electrons. The van der Waals surface area contributed by atoms with Gasteiger partial charge in [-0.25, -0.2) is 0 Å². The Morgan fingerprint density at radius 1 is 0.556 bits per heavy atom. The molecule has 0 aliphatic carbocycles. The lowest BCUT2D eigenvalue weighted by molar-refractivity contribution is -0.277. The second-order valence-electron chi connectivity index (χ2n) is 8.69. The first kappa shape index (κ1) is 26.7. The molecular formula is C24H30O12. The van der Waals surface area contributed by atoms with Gasteiger partial charge in [0.15, 0.2) is 0 Å². The van der Waals surface area contributed by atoms with Gasteiger partial charge in [-0.05, 0) is 35.4 Å². The molecule has 2 heterocycles. The van der Waals surface area contributed by atoms with E-state index in [2.05, 4.69) is 0 Å². The number of rotatable bonds is 7. The van der Waals surface area contributed by atoms with E-state index in [1.165, 1.54) is 0 Å². The predicted molar refractivity (Wildman–Crippen MR) is 121 cm³/mol. The van der Waals surface area contributed by atoms with Crippen LogP contribution in [0.1, 0.15) is 0 Å². The molecule has 0 spiro atoms. The molecule has 36 heavy (non-hydrogen) atoms. The summed E-state index contributed by atoms with van der Waals surface area (Å²) in [6.07, 6.45) is -14.1. The van der Waals surface area contributed by atoms with Crippen molar-refractivity contribution in [3.05, 3.63) is 48.5 Å². The lowest BCUT2D eigenvalue weighted by atomic mass is 9.99. The van der Waals surface area contributed by atoms with E-state index in [9.17, 15) is 40.9 Å². The van der Waals surface area contributed by atoms with Gasteiger partial charge in [0, 0.05) is 0 Å². The highest BCUT2D eigenvalue weighted by Gasteiger charge is 2.45. The molecule has 10 atom stereocenters. The first-order valence-electron chi connectivity index (χ1n) is 11.4. The van der Waals surface area contributed by atoms with Crippen molar-refractivity contribution in [1.82, 2.24) is 0 Å². The van der Waals surface area contributed by atoms with Crippen LogP contribution in [-0.4, -0.2) is 115 Å². The van der Waals surface area contributed by atoms with E-state index in [4.69, 9.17) is 18.9 Å². The van der Waals surface area contributed by atoms with Gasteiger partial charge in [0.25, 0.3) is 0 Å². The van der Waals surface area contributed by atoms with E-state index in [1.807, 2.05) is 0 Å². The van der Waals surface area contributed by atoms with Crippen LogP contribution in [0.3, 0.4) is 0 Å². The summed E-state index contributed by atoms with van der Waals surface area (Å²) in [5.74, 6) is 0.550. The lowest BCUT2D eigenvalue weighted by Crippen LogP contribution is -2.60. The van der Waals surface area contributed by atoms with E-state index >= 15 is 0 Å². The predicted octanol–water partition coefficient (Wildman–Crippen LogP) is -2.29. The molecule has 12 heteroatoms. The molecule has 198 valence electrons. The maximum atomic E-state index is 10.2. The van der Waals surface area contributed by atoms with Crippen molar-refractivity contribution in [2.24, 2.45) is 0 Å². The minimum Gasteiger partial charge on any atom is -0.462 e. The van der Waals surface area contributed by atoms with Gasteiger partial charge in [0.1, 0.15) is 60.3 Å². The van der Waals surface area contributed by atoms with Crippen molar-refractivity contribution in [3.63, 3.8) is 0 Å². The molecule has 0 aromatic heterocycles. The fourth-order valence-corrected chi connectivity index (χ4v) is 4.10. The van der Waals surface area contributed by atoms with Gasteiger partial charge < -0.3 is 59.8 Å². The van der Waals surface area contributed by atoms with Crippen molar-refractivity contribution < 1.29 is 59.8 Å². The summed E-state index contributed by atoms with van der Waals surface area (Å²) in [6, 6.07) is 13.4. The fraction of sp³-hybridized carbons (Fsp3) is 0.500. The first-order valence-corrected chi connectivity index (χ1v) is 11.4. The number of benzene rings is 2. The van der Waals surface area contributed by atoms with Crippen molar-refractivity contribution in [3.8, 4) is 22.6 Å². The molecule has 12 nitrogen and oxygen atoms in total. The minimum atomic E-state index is -1.57. The summed E-state index contributed by atoms with van der Waals surface area (Å²) in [5.41, 5.74) is 1.33. The van der Waals surface area contributed by atoms with Crippen molar-refractivity contribution in [2.75, 3.05) is 13.2 Å². The third kappa shape index (κ3) is 5.48. The molecule has 2 aromatic carbocycles. The zero-order chi connectivity index (χ0) is 26.0. The van der Waals surface area contributed by atoms with Gasteiger partial charge in [-0.3, -0.25) is 0 Å². The van der Waals surface area contributed by atoms with Crippen molar-refractivity contribution >= 4 is 0 Å². The summed E-state index contributed by atoms with van der Waals surface area (Å²) < 4.78 is 22.1. The van der Waals surface area contributed by atoms with Crippen LogP contribution in [0.5, 0.6) is 11.5 Å². The molecule has 0 amide bonds. The van der Waals surface area contributed by atoms with Crippen LogP contribution < -0.4 is 9.47 Å². The lowest BCUT2D eigenvalue weighted by Gasteiger charge is -2.39. The molecule has 2 fully saturated rings. The Labute approximate surface area is 206 Å². The highest BCUT2D eigenvalue weighted by molar-refractivity contribution is 5.66. The SMILES string of the molecule is OC[C@H]1O[C@H](Oc2cccc(-c3cccc(O[C@H]4O[C@H](CO)[C@@H](O)[C@H](O)[C@@H]4O)c3)c2)[C@@H](O)[C@@H](O)[C@@H]1O. The molecule has 4 rings (SSSR count). The average molecular weight is 510 g/mol. The number of ether oxygens (including phenoxy) is 4. The van der Waals surface area contributed by atoms with Gasteiger partial charge in [-0.2, -0.15) is 0 Å². The quantitative estimate of drug-likeness (QED) is 0.199. The van der Waals surface area contributed by atoms with Crippen LogP contribution in [0, 0.1) is 0 Å². The van der Waals surface area contributed by atoms with E-state index < -0.39 is 74.6 Å². The molecule has 8 N–H and O–H groups in total. The average Bonchev–Trinajstić information content (AvgIpc) is 2.89. The van der Waals surface area contributed by atoms with Crippen LogP contribution in [0.4, 0.5) is 0 Å². The highest BCUT2D eigenvalue weighted by atomic mass is 16.7. The van der Waals surface area contributed by atoms with Gasteiger partial charge in [0.2, 0.25) is 12.6 Å². The van der Waals surface area contributed by atoms with Crippen LogP contribution >= 0.6 is 0 Å².